The highest BCUT2D eigenvalue weighted by Crippen LogP contribution is 2.28. The van der Waals surface area contributed by atoms with Crippen LogP contribution in [0.4, 0.5) is 5.69 Å². The lowest BCUT2D eigenvalue weighted by Crippen LogP contribution is -2.18. The van der Waals surface area contributed by atoms with Gasteiger partial charge in [0.05, 0.1) is 0 Å². The predicted octanol–water partition coefficient (Wildman–Crippen LogP) is 4.40. The van der Waals surface area contributed by atoms with Gasteiger partial charge in [0, 0.05) is 22.9 Å². The number of hydrogen-bond donors (Lipinski definition) is 0. The van der Waals surface area contributed by atoms with Crippen LogP contribution in [0.25, 0.3) is 16.5 Å². The molecule has 1 aromatic rings. The molecule has 0 radical (unpaired) electrons. The summed E-state index contributed by atoms with van der Waals surface area (Å²) >= 11 is 0. The zero-order valence-corrected chi connectivity index (χ0v) is 10.3. The van der Waals surface area contributed by atoms with E-state index in [9.17, 15) is 4.79 Å². The zero-order valence-electron chi connectivity index (χ0n) is 10.3. The second kappa shape index (κ2) is 5.52. The summed E-state index contributed by atoms with van der Waals surface area (Å²) in [6.07, 6.45) is 4.72. The highest BCUT2D eigenvalue weighted by molar-refractivity contribution is 5.85. The summed E-state index contributed by atoms with van der Waals surface area (Å²) in [7, 11) is 0. The van der Waals surface area contributed by atoms with Crippen LogP contribution in [0.15, 0.2) is 35.0 Å². The van der Waals surface area contributed by atoms with E-state index >= 15 is 0 Å². The molecular weight excluding hydrogens is 226 g/mol. The molecular formula is C14H15N3O. The maximum absolute atomic E-state index is 11.6. The van der Waals surface area contributed by atoms with E-state index in [0.29, 0.717) is 17.9 Å². The molecule has 0 N–H and O–H groups in total. The number of benzene rings is 1. The summed E-state index contributed by atoms with van der Waals surface area (Å²) in [5.74, 6) is 0.369. The van der Waals surface area contributed by atoms with Gasteiger partial charge >= 0.3 is 0 Å². The SMILES string of the molecule is CC1C(=O)CCCC1=Cc1ccc(N=[N+]=[N-])cc1. The number of carbonyl (C=O) groups excluding carboxylic acids is 1. The van der Waals surface area contributed by atoms with E-state index in [1.807, 2.05) is 19.1 Å². The Morgan fingerprint density at radius 2 is 2.06 bits per heavy atom. The van der Waals surface area contributed by atoms with E-state index in [-0.39, 0.29) is 5.92 Å². The smallest absolute Gasteiger partial charge is 0.139 e. The number of allylic oxidation sites excluding steroid dienone is 1. The van der Waals surface area contributed by atoms with E-state index < -0.39 is 0 Å². The average molecular weight is 241 g/mol. The summed E-state index contributed by atoms with van der Waals surface area (Å²) in [5, 5.41) is 3.53. The van der Waals surface area contributed by atoms with Crippen molar-refractivity contribution in [3.63, 3.8) is 0 Å². The third-order valence-electron chi connectivity index (χ3n) is 3.33. The molecule has 0 bridgehead atoms. The van der Waals surface area contributed by atoms with Gasteiger partial charge in [-0.15, -0.1) is 0 Å². The van der Waals surface area contributed by atoms with Crippen LogP contribution in [0.3, 0.4) is 0 Å². The topological polar surface area (TPSA) is 65.8 Å². The predicted molar refractivity (Wildman–Crippen MR) is 71.2 cm³/mol. The Kier molecular flexibility index (Phi) is 3.80. The van der Waals surface area contributed by atoms with E-state index in [1.165, 1.54) is 5.57 Å². The first-order chi connectivity index (χ1) is 8.70. The third kappa shape index (κ3) is 2.79. The number of carbonyl (C=O) groups is 1. The van der Waals surface area contributed by atoms with E-state index in [1.54, 1.807) is 12.1 Å². The first-order valence-corrected chi connectivity index (χ1v) is 6.09. The van der Waals surface area contributed by atoms with Gasteiger partial charge in [0.1, 0.15) is 5.78 Å². The monoisotopic (exact) mass is 241 g/mol. The lowest BCUT2D eigenvalue weighted by Gasteiger charge is -2.20. The molecule has 1 aliphatic rings. The summed E-state index contributed by atoms with van der Waals surface area (Å²) < 4.78 is 0. The molecule has 4 nitrogen and oxygen atoms in total. The molecule has 1 aliphatic carbocycles. The molecule has 1 saturated carbocycles. The molecule has 2 rings (SSSR count). The molecule has 0 saturated heterocycles. The molecule has 0 amide bonds. The molecule has 4 heteroatoms. The minimum absolute atomic E-state index is 0.0376. The van der Waals surface area contributed by atoms with Crippen LogP contribution in [0.1, 0.15) is 31.7 Å². The molecule has 18 heavy (non-hydrogen) atoms. The van der Waals surface area contributed by atoms with Gasteiger partial charge in [-0.3, -0.25) is 4.79 Å². The van der Waals surface area contributed by atoms with Gasteiger partial charge in [0.25, 0.3) is 0 Å². The summed E-state index contributed by atoms with van der Waals surface area (Å²) in [4.78, 5) is 14.4. The maximum atomic E-state index is 11.6. The lowest BCUT2D eigenvalue weighted by molar-refractivity contribution is -0.122. The summed E-state index contributed by atoms with van der Waals surface area (Å²) in [5.41, 5.74) is 11.2. The van der Waals surface area contributed by atoms with Crippen molar-refractivity contribution < 1.29 is 4.79 Å². The highest BCUT2D eigenvalue weighted by atomic mass is 16.1. The minimum atomic E-state index is 0.0376. The van der Waals surface area contributed by atoms with Crippen LogP contribution >= 0.6 is 0 Å². The normalized spacial score (nSPS) is 21.7. The van der Waals surface area contributed by atoms with Crippen LogP contribution in [0, 0.1) is 5.92 Å². The number of hydrogen-bond acceptors (Lipinski definition) is 2. The van der Waals surface area contributed by atoms with Gasteiger partial charge in [-0.2, -0.15) is 0 Å². The fourth-order valence-corrected chi connectivity index (χ4v) is 2.21. The zero-order chi connectivity index (χ0) is 13.0. The molecule has 1 unspecified atom stereocenters. The Morgan fingerprint density at radius 1 is 1.33 bits per heavy atom. The van der Waals surface area contributed by atoms with Crippen molar-refractivity contribution in [2.45, 2.75) is 26.2 Å². The Bertz CT molecular complexity index is 524. The average Bonchev–Trinajstić information content (AvgIpc) is 2.38. The fraction of sp³-hybridized carbons (Fsp3) is 0.357. The van der Waals surface area contributed by atoms with Crippen LogP contribution in [-0.4, -0.2) is 5.78 Å². The van der Waals surface area contributed by atoms with Gasteiger partial charge in [-0.25, -0.2) is 0 Å². The first kappa shape index (κ1) is 12.4. The van der Waals surface area contributed by atoms with Crippen LogP contribution in [0.2, 0.25) is 0 Å². The van der Waals surface area contributed by atoms with Gasteiger partial charge in [-0.05, 0) is 23.9 Å². The summed E-state index contributed by atoms with van der Waals surface area (Å²) in [6.45, 7) is 1.97. The van der Waals surface area contributed by atoms with Gasteiger partial charge in [-0.1, -0.05) is 48.0 Å². The Morgan fingerprint density at radius 3 is 2.72 bits per heavy atom. The number of rotatable bonds is 2. The third-order valence-corrected chi connectivity index (χ3v) is 3.33. The minimum Gasteiger partial charge on any atom is -0.299 e. The molecule has 0 aromatic heterocycles. The van der Waals surface area contributed by atoms with E-state index in [2.05, 4.69) is 16.1 Å². The second-order valence-corrected chi connectivity index (χ2v) is 4.54. The summed E-state index contributed by atoms with van der Waals surface area (Å²) in [6, 6.07) is 7.37. The molecule has 0 heterocycles. The number of nitrogens with zero attached hydrogens (tertiary/aromatic N) is 3. The van der Waals surface area contributed by atoms with Gasteiger partial charge in [0.15, 0.2) is 0 Å². The fourth-order valence-electron chi connectivity index (χ4n) is 2.21. The van der Waals surface area contributed by atoms with Crippen molar-refractivity contribution in [1.82, 2.24) is 0 Å². The lowest BCUT2D eigenvalue weighted by atomic mass is 9.83. The van der Waals surface area contributed by atoms with Crippen molar-refractivity contribution >= 4 is 17.5 Å². The van der Waals surface area contributed by atoms with Crippen molar-refractivity contribution in [2.75, 3.05) is 0 Å². The van der Waals surface area contributed by atoms with E-state index in [0.717, 1.165) is 18.4 Å². The molecule has 0 spiro atoms. The molecule has 1 atom stereocenters. The number of ketones is 1. The second-order valence-electron chi connectivity index (χ2n) is 4.54. The van der Waals surface area contributed by atoms with Crippen molar-refractivity contribution in [3.05, 3.63) is 45.8 Å². The van der Waals surface area contributed by atoms with Crippen LogP contribution in [0.5, 0.6) is 0 Å². The van der Waals surface area contributed by atoms with E-state index in [4.69, 9.17) is 5.53 Å². The number of azide groups is 1. The van der Waals surface area contributed by atoms with Gasteiger partial charge in [0.2, 0.25) is 0 Å². The van der Waals surface area contributed by atoms with Crippen LogP contribution in [-0.2, 0) is 4.79 Å². The van der Waals surface area contributed by atoms with Crippen molar-refractivity contribution in [2.24, 2.45) is 11.0 Å². The van der Waals surface area contributed by atoms with Crippen LogP contribution < -0.4 is 0 Å². The highest BCUT2D eigenvalue weighted by Gasteiger charge is 2.21. The Hall–Kier alpha value is -2.06. The van der Waals surface area contributed by atoms with Gasteiger partial charge < -0.3 is 0 Å². The Balaban J connectivity index is 2.21. The standard InChI is InChI=1S/C14H15N3O/c1-10-12(3-2-4-14(10)18)9-11-5-7-13(8-6-11)16-17-15/h5-10H,2-4H2,1H3. The Labute approximate surface area is 106 Å². The largest absolute Gasteiger partial charge is 0.299 e. The molecule has 1 aromatic carbocycles. The van der Waals surface area contributed by atoms with Crippen molar-refractivity contribution in [1.29, 1.82) is 0 Å². The molecule has 1 fully saturated rings. The molecule has 0 aliphatic heterocycles. The molecule has 92 valence electrons. The quantitative estimate of drug-likeness (QED) is 0.430. The first-order valence-electron chi connectivity index (χ1n) is 6.09. The van der Waals surface area contributed by atoms with Crippen molar-refractivity contribution in [3.8, 4) is 0 Å². The maximum Gasteiger partial charge on any atom is 0.139 e. The number of Topliss-reactive ketones (excluding diaryl/α,β-unsaturated/α-hetero) is 1.